The number of hydrogen-bond acceptors (Lipinski definition) is 4. The van der Waals surface area contributed by atoms with E-state index in [1.807, 2.05) is 0 Å². The fourth-order valence-electron chi connectivity index (χ4n) is 3.32. The number of carbonyl (C=O) groups excluding carboxylic acids is 1. The number of halogens is 3. The van der Waals surface area contributed by atoms with Crippen molar-refractivity contribution in [3.05, 3.63) is 35.4 Å². The van der Waals surface area contributed by atoms with Gasteiger partial charge in [-0.05, 0) is 38.5 Å². The quantitative estimate of drug-likeness (QED) is 0.724. The van der Waals surface area contributed by atoms with E-state index in [0.29, 0.717) is 11.1 Å². The summed E-state index contributed by atoms with van der Waals surface area (Å²) >= 11 is 0. The topological polar surface area (TPSA) is 76.1 Å². The van der Waals surface area contributed by atoms with Crippen LogP contribution >= 0.6 is 0 Å². The van der Waals surface area contributed by atoms with Crippen molar-refractivity contribution in [3.8, 4) is 5.75 Å². The number of nitrogens with zero attached hydrogens (tertiary/aromatic N) is 1. The molecule has 28 heavy (non-hydrogen) atoms. The molecular weight excluding hydrogens is 379 g/mol. The van der Waals surface area contributed by atoms with Crippen molar-refractivity contribution >= 4 is 17.6 Å². The van der Waals surface area contributed by atoms with Gasteiger partial charge in [-0.15, -0.1) is 0 Å². The summed E-state index contributed by atoms with van der Waals surface area (Å²) in [7, 11) is 0. The third-order valence-electron chi connectivity index (χ3n) is 4.40. The van der Waals surface area contributed by atoms with Crippen LogP contribution < -0.4 is 4.74 Å². The Morgan fingerprint density at radius 2 is 1.89 bits per heavy atom. The number of benzene rings is 1. The number of hydrogen-bond donors (Lipinski definition) is 1. The molecule has 2 aliphatic rings. The minimum absolute atomic E-state index is 0.0441. The molecule has 0 bridgehead atoms. The Morgan fingerprint density at radius 3 is 2.43 bits per heavy atom. The standard InChI is InChI=1S/C19H20F3NO5/c1-17(2,3)28-16(26)23-9-18(10-23)8-11(6-15(24)25)13-5-4-12(19(20,21)22)7-14(13)27-18/h4-7H,8-10H2,1-3H3,(H,24,25)/b11-6+. The Bertz CT molecular complexity index is 848. The molecule has 1 saturated heterocycles. The first-order valence-electron chi connectivity index (χ1n) is 8.60. The van der Waals surface area contributed by atoms with Gasteiger partial charge in [0.25, 0.3) is 0 Å². The normalized spacial score (nSPS) is 19.6. The number of aliphatic carboxylic acids is 1. The number of amides is 1. The smallest absolute Gasteiger partial charge is 0.416 e. The zero-order valence-electron chi connectivity index (χ0n) is 15.6. The van der Waals surface area contributed by atoms with Crippen LogP contribution in [0.4, 0.5) is 18.0 Å². The van der Waals surface area contributed by atoms with Crippen LogP contribution in [0.3, 0.4) is 0 Å². The lowest BCUT2D eigenvalue weighted by molar-refractivity contribution is -0.138. The van der Waals surface area contributed by atoms with Crippen molar-refractivity contribution in [3.63, 3.8) is 0 Å². The van der Waals surface area contributed by atoms with Gasteiger partial charge in [-0.1, -0.05) is 6.07 Å². The van der Waals surface area contributed by atoms with Gasteiger partial charge in [-0.2, -0.15) is 13.2 Å². The SMILES string of the molecule is CC(C)(C)OC(=O)N1CC2(C/C(=C\C(=O)O)c3ccc(C(F)(F)F)cc3O2)C1. The maximum Gasteiger partial charge on any atom is 0.416 e. The molecule has 2 aliphatic heterocycles. The monoisotopic (exact) mass is 399 g/mol. The van der Waals surface area contributed by atoms with Gasteiger partial charge in [0.15, 0.2) is 0 Å². The fourth-order valence-corrected chi connectivity index (χ4v) is 3.32. The molecule has 1 spiro atoms. The molecule has 2 heterocycles. The molecule has 0 aromatic heterocycles. The number of ether oxygens (including phenoxy) is 2. The molecule has 1 amide bonds. The number of carbonyl (C=O) groups is 2. The van der Waals surface area contributed by atoms with E-state index in [1.54, 1.807) is 20.8 Å². The van der Waals surface area contributed by atoms with Gasteiger partial charge in [0.1, 0.15) is 17.0 Å². The molecule has 0 aliphatic carbocycles. The lowest BCUT2D eigenvalue weighted by atomic mass is 9.81. The van der Waals surface area contributed by atoms with Crippen LogP contribution in [-0.2, 0) is 15.7 Å². The Balaban J connectivity index is 1.88. The van der Waals surface area contributed by atoms with Gasteiger partial charge in [-0.3, -0.25) is 0 Å². The first-order chi connectivity index (χ1) is 12.8. The van der Waals surface area contributed by atoms with Crippen LogP contribution in [0.5, 0.6) is 5.75 Å². The Hall–Kier alpha value is -2.71. The van der Waals surface area contributed by atoms with Gasteiger partial charge < -0.3 is 19.5 Å². The van der Waals surface area contributed by atoms with Crippen molar-refractivity contribution in [2.75, 3.05) is 13.1 Å². The van der Waals surface area contributed by atoms with Gasteiger partial charge in [0, 0.05) is 18.1 Å². The van der Waals surface area contributed by atoms with Gasteiger partial charge >= 0.3 is 18.2 Å². The molecule has 9 heteroatoms. The van der Waals surface area contributed by atoms with Gasteiger partial charge in [0.2, 0.25) is 0 Å². The summed E-state index contributed by atoms with van der Waals surface area (Å²) in [6, 6.07) is 2.97. The molecule has 3 rings (SSSR count). The van der Waals surface area contributed by atoms with Gasteiger partial charge in [0.05, 0.1) is 18.7 Å². The van der Waals surface area contributed by atoms with Crippen molar-refractivity contribution in [2.45, 2.75) is 44.6 Å². The highest BCUT2D eigenvalue weighted by Crippen LogP contribution is 2.46. The molecule has 0 atom stereocenters. The Labute approximate surface area is 159 Å². The number of carboxylic acid groups (broad SMARTS) is 1. The largest absolute Gasteiger partial charge is 0.483 e. The molecule has 1 fully saturated rings. The summed E-state index contributed by atoms with van der Waals surface area (Å²) in [5, 5.41) is 9.12. The zero-order chi connectivity index (χ0) is 20.9. The highest BCUT2D eigenvalue weighted by atomic mass is 19.4. The number of alkyl halides is 3. The van der Waals surface area contributed by atoms with E-state index < -0.39 is 35.0 Å². The summed E-state index contributed by atoms with van der Waals surface area (Å²) in [5.74, 6) is -1.25. The van der Waals surface area contributed by atoms with Crippen molar-refractivity contribution in [2.24, 2.45) is 0 Å². The highest BCUT2D eigenvalue weighted by Gasteiger charge is 2.51. The highest BCUT2D eigenvalue weighted by molar-refractivity contribution is 5.92. The average molecular weight is 399 g/mol. The van der Waals surface area contributed by atoms with Crippen LogP contribution in [0.2, 0.25) is 0 Å². The number of likely N-dealkylation sites (tertiary alicyclic amines) is 1. The van der Waals surface area contributed by atoms with Crippen LogP contribution in [-0.4, -0.2) is 46.4 Å². The lowest BCUT2D eigenvalue weighted by Crippen LogP contribution is -2.67. The summed E-state index contributed by atoms with van der Waals surface area (Å²) in [5.41, 5.74) is -1.89. The third-order valence-corrected chi connectivity index (χ3v) is 4.40. The van der Waals surface area contributed by atoms with E-state index in [1.165, 1.54) is 11.0 Å². The van der Waals surface area contributed by atoms with E-state index in [2.05, 4.69) is 0 Å². The van der Waals surface area contributed by atoms with Crippen molar-refractivity contribution in [1.29, 1.82) is 0 Å². The van der Waals surface area contributed by atoms with Gasteiger partial charge in [-0.25, -0.2) is 9.59 Å². The molecule has 0 unspecified atom stereocenters. The summed E-state index contributed by atoms with van der Waals surface area (Å²) in [6.45, 7) is 5.35. The lowest BCUT2D eigenvalue weighted by Gasteiger charge is -2.51. The fraction of sp³-hybridized carbons (Fsp3) is 0.474. The molecule has 1 N–H and O–H groups in total. The zero-order valence-corrected chi connectivity index (χ0v) is 15.6. The summed E-state index contributed by atoms with van der Waals surface area (Å²) < 4.78 is 50.2. The van der Waals surface area contributed by atoms with Crippen LogP contribution in [0.15, 0.2) is 24.3 Å². The Morgan fingerprint density at radius 1 is 1.25 bits per heavy atom. The van der Waals surface area contributed by atoms with Crippen molar-refractivity contribution < 1.29 is 37.3 Å². The molecular formula is C19H20F3NO5. The second-order valence-corrected chi connectivity index (χ2v) is 8.01. The van der Waals surface area contributed by atoms with E-state index in [9.17, 15) is 22.8 Å². The van der Waals surface area contributed by atoms with E-state index in [-0.39, 0.29) is 25.3 Å². The summed E-state index contributed by atoms with van der Waals surface area (Å²) in [4.78, 5) is 24.7. The molecule has 152 valence electrons. The predicted octanol–water partition coefficient (Wildman–Crippen LogP) is 3.95. The van der Waals surface area contributed by atoms with E-state index in [4.69, 9.17) is 14.6 Å². The maximum absolute atomic E-state index is 13.0. The first kappa shape index (κ1) is 20.0. The van der Waals surface area contributed by atoms with E-state index in [0.717, 1.165) is 18.2 Å². The van der Waals surface area contributed by atoms with Crippen LogP contribution in [0, 0.1) is 0 Å². The molecule has 1 aromatic rings. The first-order valence-corrected chi connectivity index (χ1v) is 8.60. The predicted molar refractivity (Wildman–Crippen MR) is 92.8 cm³/mol. The Kier molecular flexibility index (Phi) is 4.60. The van der Waals surface area contributed by atoms with Crippen LogP contribution in [0.1, 0.15) is 38.3 Å². The molecule has 6 nitrogen and oxygen atoms in total. The maximum atomic E-state index is 13.0. The minimum Gasteiger partial charge on any atom is -0.483 e. The van der Waals surface area contributed by atoms with Crippen molar-refractivity contribution in [1.82, 2.24) is 4.90 Å². The number of fused-ring (bicyclic) bond motifs is 1. The number of carboxylic acids is 1. The molecule has 1 aromatic carbocycles. The summed E-state index contributed by atoms with van der Waals surface area (Å²) in [6.07, 6.45) is -3.98. The number of rotatable bonds is 1. The third kappa shape index (κ3) is 4.07. The van der Waals surface area contributed by atoms with Crippen LogP contribution in [0.25, 0.3) is 5.57 Å². The average Bonchev–Trinajstić information content (AvgIpc) is 2.48. The molecule has 0 saturated carbocycles. The minimum atomic E-state index is -4.55. The van der Waals surface area contributed by atoms with E-state index >= 15 is 0 Å². The second kappa shape index (κ2) is 6.42. The second-order valence-electron chi connectivity index (χ2n) is 8.01. The molecule has 0 radical (unpaired) electrons.